The van der Waals surface area contributed by atoms with E-state index in [4.69, 9.17) is 0 Å². The van der Waals surface area contributed by atoms with E-state index in [9.17, 15) is 4.79 Å². The Balaban J connectivity index is 1.35. The number of rotatable bonds is 11. The molecule has 1 aliphatic rings. The van der Waals surface area contributed by atoms with Crippen LogP contribution < -0.4 is 5.69 Å². The first-order chi connectivity index (χ1) is 18.2. The highest BCUT2D eigenvalue weighted by molar-refractivity contribution is 5.79. The van der Waals surface area contributed by atoms with Gasteiger partial charge in [0.25, 0.3) is 0 Å². The number of unbranched alkanes of at least 4 members (excludes halogenated alkanes) is 2. The van der Waals surface area contributed by atoms with Crippen molar-refractivity contribution in [1.82, 2.24) is 34.7 Å². The summed E-state index contributed by atoms with van der Waals surface area (Å²) in [7, 11) is 0. The minimum Gasteiger partial charge on any atom is -0.299 e. The molecule has 5 rings (SSSR count). The van der Waals surface area contributed by atoms with E-state index in [2.05, 4.69) is 63.0 Å². The molecule has 0 atom stereocenters. The van der Waals surface area contributed by atoms with E-state index in [1.54, 1.807) is 12.4 Å². The van der Waals surface area contributed by atoms with Crippen LogP contribution in [0.15, 0.2) is 53.7 Å². The summed E-state index contributed by atoms with van der Waals surface area (Å²) in [5, 5.41) is 14.4. The van der Waals surface area contributed by atoms with Gasteiger partial charge in [0.05, 0.1) is 6.54 Å². The van der Waals surface area contributed by atoms with Crippen LogP contribution in [0.2, 0.25) is 0 Å². The predicted molar refractivity (Wildman–Crippen MR) is 145 cm³/mol. The summed E-state index contributed by atoms with van der Waals surface area (Å²) in [5.74, 6) is 1.29. The first-order valence-corrected chi connectivity index (χ1v) is 13.8. The molecule has 1 N–H and O–H groups in total. The van der Waals surface area contributed by atoms with Crippen LogP contribution in [-0.2, 0) is 19.5 Å². The van der Waals surface area contributed by atoms with Gasteiger partial charge < -0.3 is 0 Å². The maximum absolute atomic E-state index is 13.5. The highest BCUT2D eigenvalue weighted by Gasteiger charge is 2.17. The molecule has 3 aromatic heterocycles. The van der Waals surface area contributed by atoms with Crippen LogP contribution in [0.25, 0.3) is 22.5 Å². The standard InChI is InChI=1S/C29H37N7O/c1-2-3-5-10-25-21-35(18-16-22-8-6-4-7-9-22)29(37)36(25)20-23-11-13-24(14-12-23)26-15-17-30-19-27(26)28-31-33-34-32-28/h11-15,17,19,21-22H,2-10,16,18,20H2,1H3,(H,31,32,33,34). The summed E-state index contributed by atoms with van der Waals surface area (Å²) in [6, 6.07) is 10.4. The van der Waals surface area contributed by atoms with Crippen LogP contribution >= 0.6 is 0 Å². The van der Waals surface area contributed by atoms with E-state index < -0.39 is 0 Å². The lowest BCUT2D eigenvalue weighted by Gasteiger charge is -2.21. The van der Waals surface area contributed by atoms with Crippen LogP contribution in [0.5, 0.6) is 0 Å². The molecule has 194 valence electrons. The van der Waals surface area contributed by atoms with E-state index >= 15 is 0 Å². The van der Waals surface area contributed by atoms with Crippen LogP contribution in [0, 0.1) is 5.92 Å². The number of H-pyrrole nitrogens is 1. The van der Waals surface area contributed by atoms with Crippen molar-refractivity contribution >= 4 is 0 Å². The van der Waals surface area contributed by atoms with Crippen LogP contribution in [0.3, 0.4) is 0 Å². The normalized spacial score (nSPS) is 14.3. The van der Waals surface area contributed by atoms with E-state index in [-0.39, 0.29) is 5.69 Å². The number of aromatic amines is 1. The van der Waals surface area contributed by atoms with Crippen molar-refractivity contribution in [2.75, 3.05) is 0 Å². The third kappa shape index (κ3) is 6.06. The molecule has 0 amide bonds. The Labute approximate surface area is 218 Å². The van der Waals surface area contributed by atoms with Crippen molar-refractivity contribution in [2.24, 2.45) is 5.92 Å². The molecule has 4 aromatic rings. The Morgan fingerprint density at radius 1 is 1.03 bits per heavy atom. The largest absolute Gasteiger partial charge is 0.328 e. The van der Waals surface area contributed by atoms with Crippen LogP contribution in [-0.4, -0.2) is 34.7 Å². The van der Waals surface area contributed by atoms with Crippen molar-refractivity contribution in [3.8, 4) is 22.5 Å². The summed E-state index contributed by atoms with van der Waals surface area (Å²) in [5.41, 5.74) is 5.26. The second kappa shape index (κ2) is 12.1. The molecule has 0 unspecified atom stereocenters. The number of pyridine rings is 1. The zero-order valence-electron chi connectivity index (χ0n) is 21.8. The number of hydrogen-bond donors (Lipinski definition) is 1. The van der Waals surface area contributed by atoms with E-state index in [0.29, 0.717) is 12.4 Å². The first-order valence-electron chi connectivity index (χ1n) is 13.8. The number of hydrogen-bond acceptors (Lipinski definition) is 5. The van der Waals surface area contributed by atoms with E-state index in [1.807, 2.05) is 15.2 Å². The van der Waals surface area contributed by atoms with Crippen molar-refractivity contribution in [3.63, 3.8) is 0 Å². The van der Waals surface area contributed by atoms with Gasteiger partial charge in [0.2, 0.25) is 5.82 Å². The maximum atomic E-state index is 13.5. The Bertz CT molecular complexity index is 1320. The molecule has 0 aliphatic heterocycles. The summed E-state index contributed by atoms with van der Waals surface area (Å²) in [6.07, 6.45) is 17.9. The van der Waals surface area contributed by atoms with Gasteiger partial charge in [0.1, 0.15) is 0 Å². The predicted octanol–water partition coefficient (Wildman–Crippen LogP) is 5.64. The molecular formula is C29H37N7O. The van der Waals surface area contributed by atoms with Gasteiger partial charge in [-0.3, -0.25) is 14.1 Å². The number of nitrogens with zero attached hydrogens (tertiary/aromatic N) is 6. The van der Waals surface area contributed by atoms with Gasteiger partial charge >= 0.3 is 5.69 Å². The summed E-state index contributed by atoms with van der Waals surface area (Å²) in [4.78, 5) is 17.7. The highest BCUT2D eigenvalue weighted by atomic mass is 16.1. The van der Waals surface area contributed by atoms with Gasteiger partial charge in [-0.25, -0.2) is 4.79 Å². The Kier molecular flexibility index (Phi) is 8.23. The average molecular weight is 500 g/mol. The topological polar surface area (TPSA) is 94.3 Å². The van der Waals surface area contributed by atoms with E-state index in [1.165, 1.54) is 44.9 Å². The number of benzene rings is 1. The second-order valence-electron chi connectivity index (χ2n) is 10.3. The quantitative estimate of drug-likeness (QED) is 0.269. The number of aryl methyl sites for hydroxylation is 2. The van der Waals surface area contributed by atoms with Gasteiger partial charge in [-0.05, 0) is 53.2 Å². The molecule has 3 heterocycles. The molecular weight excluding hydrogens is 462 g/mol. The molecule has 1 aromatic carbocycles. The fourth-order valence-electron chi connectivity index (χ4n) is 5.54. The lowest BCUT2D eigenvalue weighted by molar-refractivity contribution is 0.322. The molecule has 8 heteroatoms. The Morgan fingerprint density at radius 3 is 2.62 bits per heavy atom. The fourth-order valence-corrected chi connectivity index (χ4v) is 5.54. The van der Waals surface area contributed by atoms with Crippen LogP contribution in [0.1, 0.15) is 76.0 Å². The molecule has 0 radical (unpaired) electrons. The summed E-state index contributed by atoms with van der Waals surface area (Å²) >= 11 is 0. The van der Waals surface area contributed by atoms with Crippen molar-refractivity contribution in [1.29, 1.82) is 0 Å². The van der Waals surface area contributed by atoms with E-state index in [0.717, 1.165) is 59.7 Å². The van der Waals surface area contributed by atoms with Crippen molar-refractivity contribution < 1.29 is 0 Å². The maximum Gasteiger partial charge on any atom is 0.328 e. The lowest BCUT2D eigenvalue weighted by atomic mass is 9.87. The molecule has 1 aliphatic carbocycles. The monoisotopic (exact) mass is 499 g/mol. The smallest absolute Gasteiger partial charge is 0.299 e. The van der Waals surface area contributed by atoms with Gasteiger partial charge in [0.15, 0.2) is 0 Å². The minimum absolute atomic E-state index is 0.125. The zero-order chi connectivity index (χ0) is 25.5. The first kappa shape index (κ1) is 25.1. The number of imidazole rings is 1. The Morgan fingerprint density at radius 2 is 1.86 bits per heavy atom. The molecule has 1 fully saturated rings. The van der Waals surface area contributed by atoms with Crippen molar-refractivity contribution in [3.05, 3.63) is 70.7 Å². The molecule has 0 spiro atoms. The third-order valence-electron chi connectivity index (χ3n) is 7.68. The molecule has 8 nitrogen and oxygen atoms in total. The molecule has 37 heavy (non-hydrogen) atoms. The fraction of sp³-hybridized carbons (Fsp3) is 0.483. The third-order valence-corrected chi connectivity index (χ3v) is 7.68. The van der Waals surface area contributed by atoms with Gasteiger partial charge in [0, 0.05) is 36.4 Å². The van der Waals surface area contributed by atoms with Gasteiger partial charge in [-0.2, -0.15) is 5.21 Å². The molecule has 0 saturated heterocycles. The van der Waals surface area contributed by atoms with Gasteiger partial charge in [-0.15, -0.1) is 10.2 Å². The summed E-state index contributed by atoms with van der Waals surface area (Å²) in [6.45, 7) is 3.64. The number of nitrogens with one attached hydrogen (secondary N) is 1. The highest BCUT2D eigenvalue weighted by Crippen LogP contribution is 2.29. The number of aromatic nitrogens is 7. The molecule has 0 bridgehead atoms. The second-order valence-corrected chi connectivity index (χ2v) is 10.3. The van der Waals surface area contributed by atoms with Gasteiger partial charge in [-0.1, -0.05) is 76.1 Å². The minimum atomic E-state index is 0.125. The number of tetrazole rings is 1. The zero-order valence-corrected chi connectivity index (χ0v) is 21.8. The molecule has 1 saturated carbocycles. The van der Waals surface area contributed by atoms with Crippen molar-refractivity contribution in [2.45, 2.75) is 84.2 Å². The average Bonchev–Trinajstić information content (AvgIpc) is 3.58. The lowest BCUT2D eigenvalue weighted by Crippen LogP contribution is -2.26. The van der Waals surface area contributed by atoms with Crippen LogP contribution in [0.4, 0.5) is 0 Å². The Hall–Kier alpha value is -3.55. The summed E-state index contributed by atoms with van der Waals surface area (Å²) < 4.78 is 3.96. The SMILES string of the molecule is CCCCCc1cn(CCC2CCCCC2)c(=O)n1Cc1ccc(-c2ccncc2-c2nn[nH]n2)cc1.